The third kappa shape index (κ3) is 6.66. The number of unbranched alkanes of at least 4 members (excludes halogenated alkanes) is 4. The van der Waals surface area contributed by atoms with E-state index in [-0.39, 0.29) is 5.97 Å². The zero-order valence-corrected chi connectivity index (χ0v) is 9.00. The van der Waals surface area contributed by atoms with E-state index in [1.54, 1.807) is 0 Å². The molecule has 0 aliphatic heterocycles. The van der Waals surface area contributed by atoms with E-state index in [9.17, 15) is 4.79 Å². The first kappa shape index (κ1) is 13.2. The number of ether oxygens (including phenoxy) is 1. The van der Waals surface area contributed by atoms with Crippen LogP contribution in [0.1, 0.15) is 38.5 Å². The third-order valence-corrected chi connectivity index (χ3v) is 2.18. The van der Waals surface area contributed by atoms with Gasteiger partial charge in [-0.15, -0.1) is 6.58 Å². The van der Waals surface area contributed by atoms with Crippen LogP contribution in [0.3, 0.4) is 0 Å². The normalized spacial score (nSPS) is 12.1. The molecule has 0 aliphatic rings. The van der Waals surface area contributed by atoms with Crippen molar-refractivity contribution in [3.63, 3.8) is 0 Å². The van der Waals surface area contributed by atoms with Crippen LogP contribution in [-0.2, 0) is 9.53 Å². The zero-order chi connectivity index (χ0) is 10.8. The average molecular weight is 199 g/mol. The monoisotopic (exact) mass is 199 g/mol. The van der Waals surface area contributed by atoms with Crippen molar-refractivity contribution in [3.8, 4) is 0 Å². The van der Waals surface area contributed by atoms with Crippen molar-refractivity contribution >= 4 is 5.97 Å². The van der Waals surface area contributed by atoms with Gasteiger partial charge >= 0.3 is 5.97 Å². The number of hydrogen-bond acceptors (Lipinski definition) is 3. The van der Waals surface area contributed by atoms with Crippen LogP contribution in [-0.4, -0.2) is 19.1 Å². The quantitative estimate of drug-likeness (QED) is 0.369. The molecular formula is C11H21NO2. The van der Waals surface area contributed by atoms with Crippen molar-refractivity contribution in [2.75, 3.05) is 7.11 Å². The fraction of sp³-hybridized carbons (Fsp3) is 0.727. The SMILES string of the molecule is C=CCCCCCCC(N)C(=O)OC. The molecule has 1 unspecified atom stereocenters. The van der Waals surface area contributed by atoms with Gasteiger partial charge in [0, 0.05) is 0 Å². The van der Waals surface area contributed by atoms with E-state index in [0.29, 0.717) is 0 Å². The van der Waals surface area contributed by atoms with Crippen molar-refractivity contribution in [3.05, 3.63) is 12.7 Å². The third-order valence-electron chi connectivity index (χ3n) is 2.18. The fourth-order valence-electron chi connectivity index (χ4n) is 1.28. The number of methoxy groups -OCH3 is 1. The van der Waals surface area contributed by atoms with E-state index >= 15 is 0 Å². The Labute approximate surface area is 86.3 Å². The molecule has 82 valence electrons. The number of carbonyl (C=O) groups excluding carboxylic acids is 1. The second-order valence-electron chi connectivity index (χ2n) is 3.41. The summed E-state index contributed by atoms with van der Waals surface area (Å²) in [4.78, 5) is 10.9. The maximum absolute atomic E-state index is 10.9. The molecule has 0 amide bonds. The first-order chi connectivity index (χ1) is 6.72. The molecule has 0 aromatic rings. The first-order valence-electron chi connectivity index (χ1n) is 5.16. The summed E-state index contributed by atoms with van der Waals surface area (Å²) in [7, 11) is 1.37. The Bertz CT molecular complexity index is 169. The molecule has 0 heterocycles. The smallest absolute Gasteiger partial charge is 0.322 e. The predicted octanol–water partition coefficient (Wildman–Crippen LogP) is 2.01. The lowest BCUT2D eigenvalue weighted by Crippen LogP contribution is -2.31. The second-order valence-corrected chi connectivity index (χ2v) is 3.41. The number of hydrogen-bond donors (Lipinski definition) is 1. The summed E-state index contributed by atoms with van der Waals surface area (Å²) in [6.45, 7) is 3.66. The van der Waals surface area contributed by atoms with Crippen LogP contribution in [0.15, 0.2) is 12.7 Å². The lowest BCUT2D eigenvalue weighted by Gasteiger charge is -2.08. The van der Waals surface area contributed by atoms with Gasteiger partial charge in [0.2, 0.25) is 0 Å². The van der Waals surface area contributed by atoms with E-state index in [1.165, 1.54) is 20.0 Å². The highest BCUT2D eigenvalue weighted by Gasteiger charge is 2.11. The summed E-state index contributed by atoms with van der Waals surface area (Å²) >= 11 is 0. The van der Waals surface area contributed by atoms with Crippen LogP contribution in [0.4, 0.5) is 0 Å². The molecule has 0 radical (unpaired) electrons. The van der Waals surface area contributed by atoms with Crippen molar-refractivity contribution in [2.45, 2.75) is 44.6 Å². The molecule has 2 N–H and O–H groups in total. The van der Waals surface area contributed by atoms with E-state index < -0.39 is 6.04 Å². The molecule has 0 rings (SSSR count). The van der Waals surface area contributed by atoms with E-state index in [4.69, 9.17) is 5.73 Å². The highest BCUT2D eigenvalue weighted by molar-refractivity contribution is 5.75. The van der Waals surface area contributed by atoms with Gasteiger partial charge in [0.15, 0.2) is 0 Å². The molecule has 3 nitrogen and oxygen atoms in total. The lowest BCUT2D eigenvalue weighted by molar-refractivity contribution is -0.142. The Balaban J connectivity index is 3.27. The van der Waals surface area contributed by atoms with Gasteiger partial charge in [0.25, 0.3) is 0 Å². The zero-order valence-electron chi connectivity index (χ0n) is 9.00. The molecule has 14 heavy (non-hydrogen) atoms. The Morgan fingerprint density at radius 3 is 2.64 bits per heavy atom. The van der Waals surface area contributed by atoms with Gasteiger partial charge in [-0.25, -0.2) is 0 Å². The Kier molecular flexibility index (Phi) is 8.24. The van der Waals surface area contributed by atoms with Crippen molar-refractivity contribution in [1.82, 2.24) is 0 Å². The number of esters is 1. The predicted molar refractivity (Wildman–Crippen MR) is 57.9 cm³/mol. The van der Waals surface area contributed by atoms with Crippen LogP contribution in [0.5, 0.6) is 0 Å². The highest BCUT2D eigenvalue weighted by atomic mass is 16.5. The molecule has 0 aromatic heterocycles. The van der Waals surface area contributed by atoms with Gasteiger partial charge in [0.1, 0.15) is 6.04 Å². The first-order valence-corrected chi connectivity index (χ1v) is 5.16. The second kappa shape index (κ2) is 8.75. The van der Waals surface area contributed by atoms with Gasteiger partial charge in [-0.05, 0) is 19.3 Å². The van der Waals surface area contributed by atoms with Gasteiger partial charge in [0.05, 0.1) is 7.11 Å². The minimum atomic E-state index is -0.445. The molecule has 0 saturated heterocycles. The minimum Gasteiger partial charge on any atom is -0.468 e. The Morgan fingerprint density at radius 1 is 1.43 bits per heavy atom. The van der Waals surface area contributed by atoms with E-state index in [0.717, 1.165) is 25.7 Å². The number of rotatable bonds is 8. The molecular weight excluding hydrogens is 178 g/mol. The molecule has 0 aromatic carbocycles. The maximum atomic E-state index is 10.9. The molecule has 1 atom stereocenters. The molecule has 3 heteroatoms. The summed E-state index contributed by atoms with van der Waals surface area (Å²) in [5.74, 6) is -0.309. The Morgan fingerprint density at radius 2 is 2.07 bits per heavy atom. The van der Waals surface area contributed by atoms with E-state index in [1.807, 2.05) is 6.08 Å². The molecule has 0 spiro atoms. The van der Waals surface area contributed by atoms with Crippen LogP contribution < -0.4 is 5.73 Å². The van der Waals surface area contributed by atoms with Crippen LogP contribution in [0.25, 0.3) is 0 Å². The standard InChI is InChI=1S/C11H21NO2/c1-3-4-5-6-7-8-9-10(12)11(13)14-2/h3,10H,1,4-9,12H2,2H3. The topological polar surface area (TPSA) is 52.3 Å². The molecule has 0 aliphatic carbocycles. The van der Waals surface area contributed by atoms with Crippen molar-refractivity contribution in [1.29, 1.82) is 0 Å². The minimum absolute atomic E-state index is 0.309. The Hall–Kier alpha value is -0.830. The van der Waals surface area contributed by atoms with Gasteiger partial charge in [-0.2, -0.15) is 0 Å². The largest absolute Gasteiger partial charge is 0.468 e. The molecule has 0 saturated carbocycles. The summed E-state index contributed by atoms with van der Waals surface area (Å²) in [5.41, 5.74) is 5.58. The number of carbonyl (C=O) groups is 1. The lowest BCUT2D eigenvalue weighted by atomic mass is 10.1. The van der Waals surface area contributed by atoms with Crippen LogP contribution in [0.2, 0.25) is 0 Å². The molecule has 0 bridgehead atoms. The summed E-state index contributed by atoms with van der Waals surface area (Å²) < 4.78 is 4.53. The summed E-state index contributed by atoms with van der Waals surface area (Å²) in [6.07, 6.45) is 8.20. The van der Waals surface area contributed by atoms with Crippen molar-refractivity contribution < 1.29 is 9.53 Å². The van der Waals surface area contributed by atoms with Gasteiger partial charge in [-0.1, -0.05) is 25.3 Å². The van der Waals surface area contributed by atoms with Crippen LogP contribution in [0, 0.1) is 0 Å². The van der Waals surface area contributed by atoms with Crippen LogP contribution >= 0.6 is 0 Å². The van der Waals surface area contributed by atoms with E-state index in [2.05, 4.69) is 11.3 Å². The number of allylic oxidation sites excluding steroid dienone is 1. The summed E-state index contributed by atoms with van der Waals surface area (Å²) in [6, 6.07) is -0.445. The fourth-order valence-corrected chi connectivity index (χ4v) is 1.28. The average Bonchev–Trinajstić information content (AvgIpc) is 2.21. The van der Waals surface area contributed by atoms with Gasteiger partial charge < -0.3 is 10.5 Å². The maximum Gasteiger partial charge on any atom is 0.322 e. The van der Waals surface area contributed by atoms with Gasteiger partial charge in [-0.3, -0.25) is 4.79 Å². The summed E-state index contributed by atoms with van der Waals surface area (Å²) in [5, 5.41) is 0. The molecule has 0 fully saturated rings. The highest BCUT2D eigenvalue weighted by Crippen LogP contribution is 2.07. The number of nitrogens with two attached hydrogens (primary N) is 1. The van der Waals surface area contributed by atoms with Crippen molar-refractivity contribution in [2.24, 2.45) is 5.73 Å².